The first-order valence-electron chi connectivity index (χ1n) is 9.28. The molecule has 0 atom stereocenters. The maximum absolute atomic E-state index is 12.9. The lowest BCUT2D eigenvalue weighted by molar-refractivity contribution is -0.0925. The number of hydrogen-bond donors (Lipinski definition) is 4. The molecule has 0 unspecified atom stereocenters. The Balaban J connectivity index is 1.84. The van der Waals surface area contributed by atoms with Gasteiger partial charge >= 0.3 is 6.18 Å². The molecule has 0 amide bonds. The number of benzene rings is 3. The van der Waals surface area contributed by atoms with E-state index in [9.17, 15) is 28.5 Å². The number of phenols is 3. The zero-order chi connectivity index (χ0) is 23.3. The Morgan fingerprint density at radius 3 is 1.94 bits per heavy atom. The van der Waals surface area contributed by atoms with Crippen molar-refractivity contribution in [2.75, 3.05) is 6.61 Å². The van der Waals surface area contributed by atoms with E-state index in [2.05, 4.69) is 4.99 Å². The highest BCUT2D eigenvalue weighted by Crippen LogP contribution is 2.35. The van der Waals surface area contributed by atoms with Crippen molar-refractivity contribution >= 4 is 11.4 Å². The van der Waals surface area contributed by atoms with Gasteiger partial charge in [0.15, 0.2) is 0 Å². The fraction of sp³-hybridized carbons (Fsp3) is 0.0870. The Kier molecular flexibility index (Phi) is 6.58. The molecule has 166 valence electrons. The van der Waals surface area contributed by atoms with Gasteiger partial charge in [0.25, 0.3) is 0 Å². The molecule has 0 fully saturated rings. The monoisotopic (exact) mass is 444 g/mol. The zero-order valence-electron chi connectivity index (χ0n) is 16.5. The molecule has 0 spiro atoms. The van der Waals surface area contributed by atoms with Crippen LogP contribution in [-0.4, -0.2) is 33.8 Å². The Labute approximate surface area is 181 Å². The molecule has 0 radical (unpaired) electrons. The van der Waals surface area contributed by atoms with Crippen molar-refractivity contribution in [3.63, 3.8) is 0 Å². The zero-order valence-corrected chi connectivity index (χ0v) is 16.5. The standard InChI is InChI=1S/C23H19F3N2O4/c24-23(25,26)21(27)12-16(28-22-19(30)2-1-3-20(22)31)13-32-18-10-6-15(7-11-18)14-4-8-17(29)9-5-14/h1-12,29-31H,13,27H2. The Bertz CT molecular complexity index is 1120. The smallest absolute Gasteiger partial charge is 0.430 e. The van der Waals surface area contributed by atoms with E-state index in [0.717, 1.165) is 11.1 Å². The van der Waals surface area contributed by atoms with E-state index in [-0.39, 0.29) is 17.1 Å². The van der Waals surface area contributed by atoms with E-state index in [1.165, 1.54) is 18.2 Å². The van der Waals surface area contributed by atoms with E-state index in [0.29, 0.717) is 11.8 Å². The topological polar surface area (TPSA) is 108 Å². The second-order valence-corrected chi connectivity index (χ2v) is 6.71. The van der Waals surface area contributed by atoms with Gasteiger partial charge in [0.2, 0.25) is 0 Å². The van der Waals surface area contributed by atoms with Crippen LogP contribution in [0.2, 0.25) is 0 Å². The largest absolute Gasteiger partial charge is 0.508 e. The number of nitrogens with two attached hydrogens (primary N) is 1. The van der Waals surface area contributed by atoms with Gasteiger partial charge in [-0.3, -0.25) is 0 Å². The van der Waals surface area contributed by atoms with E-state index >= 15 is 0 Å². The van der Waals surface area contributed by atoms with E-state index in [1.54, 1.807) is 48.5 Å². The second-order valence-electron chi connectivity index (χ2n) is 6.71. The quantitative estimate of drug-likeness (QED) is 0.399. The van der Waals surface area contributed by atoms with Crippen LogP contribution in [0.3, 0.4) is 0 Å². The van der Waals surface area contributed by atoms with Crippen molar-refractivity contribution in [3.05, 3.63) is 78.5 Å². The van der Waals surface area contributed by atoms with E-state index in [4.69, 9.17) is 10.5 Å². The molecule has 0 bridgehead atoms. The van der Waals surface area contributed by atoms with Gasteiger partial charge in [0, 0.05) is 0 Å². The van der Waals surface area contributed by atoms with Crippen LogP contribution in [0.1, 0.15) is 0 Å². The minimum Gasteiger partial charge on any atom is -0.508 e. The molecule has 0 saturated carbocycles. The highest BCUT2D eigenvalue weighted by molar-refractivity contribution is 5.99. The van der Waals surface area contributed by atoms with Gasteiger partial charge in [-0.05, 0) is 53.6 Å². The number of phenolic OH excluding ortho intramolecular Hbond substituents is 3. The summed E-state index contributed by atoms with van der Waals surface area (Å²) in [5.41, 5.74) is 4.82. The predicted molar refractivity (Wildman–Crippen MR) is 114 cm³/mol. The SMILES string of the molecule is NC(=CC(COc1ccc(-c2ccc(O)cc2)cc1)=Nc1c(O)cccc1O)C(F)(F)F. The minimum atomic E-state index is -4.78. The molecule has 3 aromatic carbocycles. The van der Waals surface area contributed by atoms with Gasteiger partial charge in [-0.15, -0.1) is 0 Å². The van der Waals surface area contributed by atoms with Gasteiger partial charge in [-0.1, -0.05) is 30.3 Å². The van der Waals surface area contributed by atoms with Gasteiger partial charge in [0.05, 0.1) is 5.71 Å². The summed E-state index contributed by atoms with van der Waals surface area (Å²) in [7, 11) is 0. The molecule has 6 nitrogen and oxygen atoms in total. The third-order valence-corrected chi connectivity index (χ3v) is 4.34. The number of hydrogen-bond acceptors (Lipinski definition) is 6. The van der Waals surface area contributed by atoms with Gasteiger partial charge in [-0.2, -0.15) is 13.2 Å². The molecule has 32 heavy (non-hydrogen) atoms. The summed E-state index contributed by atoms with van der Waals surface area (Å²) in [6.45, 7) is -0.414. The van der Waals surface area contributed by atoms with Crippen LogP contribution < -0.4 is 10.5 Å². The highest BCUT2D eigenvalue weighted by atomic mass is 19.4. The molecule has 5 N–H and O–H groups in total. The predicted octanol–water partition coefficient (Wildman–Crippen LogP) is 5.03. The third kappa shape index (κ3) is 5.72. The molecule has 0 aliphatic rings. The van der Waals surface area contributed by atoms with Crippen LogP contribution in [0.15, 0.2) is 83.5 Å². The number of para-hydroxylation sites is 1. The van der Waals surface area contributed by atoms with E-state index < -0.39 is 30.0 Å². The average Bonchev–Trinajstić information content (AvgIpc) is 2.75. The first-order chi connectivity index (χ1) is 15.1. The lowest BCUT2D eigenvalue weighted by Gasteiger charge is -2.11. The van der Waals surface area contributed by atoms with Crippen molar-refractivity contribution in [1.29, 1.82) is 0 Å². The van der Waals surface area contributed by atoms with Gasteiger partial charge in [-0.25, -0.2) is 4.99 Å². The van der Waals surface area contributed by atoms with Crippen molar-refractivity contribution in [1.82, 2.24) is 0 Å². The summed E-state index contributed by atoms with van der Waals surface area (Å²) in [4.78, 5) is 3.91. The van der Waals surface area contributed by atoms with Crippen molar-refractivity contribution < 1.29 is 33.2 Å². The van der Waals surface area contributed by atoms with Crippen molar-refractivity contribution in [2.45, 2.75) is 6.18 Å². The summed E-state index contributed by atoms with van der Waals surface area (Å²) in [5, 5.41) is 29.1. The van der Waals surface area contributed by atoms with Gasteiger partial charge in [0.1, 0.15) is 41.0 Å². The first kappa shape index (κ1) is 22.5. The van der Waals surface area contributed by atoms with E-state index in [1.807, 2.05) is 0 Å². The molecular weight excluding hydrogens is 425 g/mol. The minimum absolute atomic E-state index is 0.141. The summed E-state index contributed by atoms with van der Waals surface area (Å²) in [6, 6.07) is 17.1. The fourth-order valence-corrected chi connectivity index (χ4v) is 2.70. The first-order valence-corrected chi connectivity index (χ1v) is 9.28. The summed E-state index contributed by atoms with van der Waals surface area (Å²) >= 11 is 0. The molecule has 9 heteroatoms. The molecule has 0 aliphatic heterocycles. The van der Waals surface area contributed by atoms with Crippen LogP contribution in [0.4, 0.5) is 18.9 Å². The maximum Gasteiger partial charge on any atom is 0.430 e. The van der Waals surface area contributed by atoms with Gasteiger partial charge < -0.3 is 25.8 Å². The Morgan fingerprint density at radius 1 is 0.875 bits per heavy atom. The van der Waals surface area contributed by atoms with Crippen LogP contribution in [0.5, 0.6) is 23.0 Å². The molecule has 0 aromatic heterocycles. The van der Waals surface area contributed by atoms with Crippen LogP contribution in [0, 0.1) is 0 Å². The number of aromatic hydroxyl groups is 3. The molecule has 0 aliphatic carbocycles. The number of rotatable bonds is 6. The summed E-state index contributed by atoms with van der Waals surface area (Å²) in [6.07, 6.45) is -4.20. The van der Waals surface area contributed by atoms with Crippen LogP contribution >= 0.6 is 0 Å². The number of aliphatic imine (C=N–C) groups is 1. The van der Waals surface area contributed by atoms with Crippen molar-refractivity contribution in [3.8, 4) is 34.1 Å². The Hall–Kier alpha value is -4.14. The number of ether oxygens (including phenoxy) is 1. The molecule has 3 aromatic rings. The summed E-state index contributed by atoms with van der Waals surface area (Å²) < 4.78 is 44.2. The highest BCUT2D eigenvalue weighted by Gasteiger charge is 2.31. The second kappa shape index (κ2) is 9.34. The molecule has 0 saturated heterocycles. The maximum atomic E-state index is 12.9. The van der Waals surface area contributed by atoms with Crippen molar-refractivity contribution in [2.24, 2.45) is 10.7 Å². The van der Waals surface area contributed by atoms with Crippen LogP contribution in [0.25, 0.3) is 11.1 Å². The summed E-state index contributed by atoms with van der Waals surface area (Å²) in [5.74, 6) is -0.345. The van der Waals surface area contributed by atoms with Crippen LogP contribution in [-0.2, 0) is 0 Å². The number of halogens is 3. The molecule has 3 rings (SSSR count). The number of allylic oxidation sites excluding steroid dienone is 1. The third-order valence-electron chi connectivity index (χ3n) is 4.34. The fourth-order valence-electron chi connectivity index (χ4n) is 2.70. The molecule has 0 heterocycles. The Morgan fingerprint density at radius 2 is 1.41 bits per heavy atom. The lowest BCUT2D eigenvalue weighted by Crippen LogP contribution is -2.22. The number of nitrogens with zero attached hydrogens (tertiary/aromatic N) is 1. The average molecular weight is 444 g/mol. The number of alkyl halides is 3. The lowest BCUT2D eigenvalue weighted by atomic mass is 10.1. The molecular formula is C23H19F3N2O4. The normalized spacial score (nSPS) is 12.6.